The van der Waals surface area contributed by atoms with Crippen LogP contribution in [-0.2, 0) is 4.79 Å². The van der Waals surface area contributed by atoms with Gasteiger partial charge in [-0.2, -0.15) is 0 Å². The number of nitrogens with zero attached hydrogens (tertiary/aromatic N) is 2. The highest BCUT2D eigenvalue weighted by atomic mass is 32.1. The Hall–Kier alpha value is -2.28. The third-order valence-corrected chi connectivity index (χ3v) is 3.92. The number of nitrogens with one attached hydrogen (secondary N) is 1. The lowest BCUT2D eigenvalue weighted by Crippen LogP contribution is -2.19. The summed E-state index contributed by atoms with van der Waals surface area (Å²) in [6.07, 6.45) is 0. The van der Waals surface area contributed by atoms with Crippen molar-refractivity contribution in [3.05, 3.63) is 50.3 Å². The molecule has 2 heterocycles. The van der Waals surface area contributed by atoms with Gasteiger partial charge >= 0.3 is 0 Å². The Bertz CT molecular complexity index is 640. The van der Waals surface area contributed by atoms with Crippen LogP contribution < -0.4 is 5.32 Å². The summed E-state index contributed by atoms with van der Waals surface area (Å²) in [4.78, 5) is 27.3. The summed E-state index contributed by atoms with van der Waals surface area (Å²) in [6, 6.07) is 6.55. The van der Waals surface area contributed by atoms with Crippen molar-refractivity contribution in [1.82, 2.24) is 4.98 Å². The molecular weight excluding hydrogens is 278 g/mol. The standard InChI is InChI=1S/C13H13N3O3S/c1-8(11-4-3-7-20-11)13(17)15-12-6-5-10(16(18)19)9(2)14-12/h3-8H,1-2H3,(H,14,15,17)/t8-/m1/s1. The van der Waals surface area contributed by atoms with Gasteiger partial charge in [0, 0.05) is 10.9 Å². The van der Waals surface area contributed by atoms with Gasteiger partial charge in [-0.15, -0.1) is 11.3 Å². The first-order valence-electron chi connectivity index (χ1n) is 5.95. The summed E-state index contributed by atoms with van der Waals surface area (Å²) < 4.78 is 0. The van der Waals surface area contributed by atoms with Crippen molar-refractivity contribution in [2.45, 2.75) is 19.8 Å². The largest absolute Gasteiger partial charge is 0.310 e. The quantitative estimate of drug-likeness (QED) is 0.692. The molecule has 1 atom stereocenters. The first-order chi connectivity index (χ1) is 9.49. The van der Waals surface area contributed by atoms with E-state index in [4.69, 9.17) is 0 Å². The van der Waals surface area contributed by atoms with Crippen LogP contribution in [0.25, 0.3) is 0 Å². The van der Waals surface area contributed by atoms with E-state index < -0.39 is 4.92 Å². The topological polar surface area (TPSA) is 85.1 Å². The molecule has 0 aliphatic heterocycles. The number of amides is 1. The average Bonchev–Trinajstić information content (AvgIpc) is 2.91. The monoisotopic (exact) mass is 291 g/mol. The molecule has 0 aliphatic rings. The van der Waals surface area contributed by atoms with Crippen LogP contribution in [0, 0.1) is 17.0 Å². The van der Waals surface area contributed by atoms with Gasteiger partial charge in [0.2, 0.25) is 5.91 Å². The third kappa shape index (κ3) is 3.00. The predicted octanol–water partition coefficient (Wildman–Crippen LogP) is 3.10. The van der Waals surface area contributed by atoms with E-state index in [0.717, 1.165) is 4.88 Å². The lowest BCUT2D eigenvalue weighted by atomic mass is 10.1. The van der Waals surface area contributed by atoms with E-state index in [-0.39, 0.29) is 23.2 Å². The number of carbonyl (C=O) groups is 1. The Morgan fingerprint density at radius 2 is 2.20 bits per heavy atom. The fourth-order valence-electron chi connectivity index (χ4n) is 1.72. The normalized spacial score (nSPS) is 11.9. The molecule has 2 rings (SSSR count). The van der Waals surface area contributed by atoms with Gasteiger partial charge in [0.05, 0.1) is 10.8 Å². The fraction of sp³-hybridized carbons (Fsp3) is 0.231. The average molecular weight is 291 g/mol. The van der Waals surface area contributed by atoms with E-state index in [2.05, 4.69) is 10.3 Å². The minimum atomic E-state index is -0.498. The van der Waals surface area contributed by atoms with Crippen molar-refractivity contribution < 1.29 is 9.72 Å². The maximum Gasteiger partial charge on any atom is 0.290 e. The van der Waals surface area contributed by atoms with Gasteiger partial charge in [0.1, 0.15) is 11.5 Å². The molecule has 0 aromatic carbocycles. The first-order valence-corrected chi connectivity index (χ1v) is 6.83. The molecule has 7 heteroatoms. The second-order valence-corrected chi connectivity index (χ2v) is 5.26. The number of rotatable bonds is 4. The van der Waals surface area contributed by atoms with Gasteiger partial charge in [-0.25, -0.2) is 4.98 Å². The summed E-state index contributed by atoms with van der Waals surface area (Å²) >= 11 is 1.51. The molecule has 2 aromatic heterocycles. The van der Waals surface area contributed by atoms with Crippen LogP contribution in [0.3, 0.4) is 0 Å². The molecule has 104 valence electrons. The highest BCUT2D eigenvalue weighted by Gasteiger charge is 2.18. The predicted molar refractivity (Wildman–Crippen MR) is 77.0 cm³/mol. The van der Waals surface area contributed by atoms with Crippen LogP contribution in [0.4, 0.5) is 11.5 Å². The zero-order valence-corrected chi connectivity index (χ0v) is 11.8. The highest BCUT2D eigenvalue weighted by Crippen LogP contribution is 2.23. The summed E-state index contributed by atoms with van der Waals surface area (Å²) in [7, 11) is 0. The van der Waals surface area contributed by atoms with E-state index >= 15 is 0 Å². The molecule has 0 fully saturated rings. The number of nitro groups is 1. The van der Waals surface area contributed by atoms with Gasteiger partial charge < -0.3 is 5.32 Å². The van der Waals surface area contributed by atoms with Crippen LogP contribution in [-0.4, -0.2) is 15.8 Å². The number of aryl methyl sites for hydroxylation is 1. The molecular formula is C13H13N3O3S. The molecule has 20 heavy (non-hydrogen) atoms. The highest BCUT2D eigenvalue weighted by molar-refractivity contribution is 7.10. The molecule has 0 saturated heterocycles. The number of hydrogen-bond donors (Lipinski definition) is 1. The van der Waals surface area contributed by atoms with Gasteiger partial charge in [0.25, 0.3) is 5.69 Å². The number of anilines is 1. The summed E-state index contributed by atoms with van der Waals surface area (Å²) in [5.41, 5.74) is 0.214. The zero-order valence-electron chi connectivity index (χ0n) is 11.0. The molecule has 1 N–H and O–H groups in total. The smallest absolute Gasteiger partial charge is 0.290 e. The Kier molecular flexibility index (Phi) is 4.09. The van der Waals surface area contributed by atoms with Crippen molar-refractivity contribution >= 4 is 28.7 Å². The summed E-state index contributed by atoms with van der Waals surface area (Å²) in [5, 5.41) is 15.3. The van der Waals surface area contributed by atoms with Crippen molar-refractivity contribution in [3.63, 3.8) is 0 Å². The fourth-order valence-corrected chi connectivity index (χ4v) is 2.50. The second-order valence-electron chi connectivity index (χ2n) is 4.28. The Labute approximate surface area is 119 Å². The van der Waals surface area contributed by atoms with Crippen molar-refractivity contribution in [1.29, 1.82) is 0 Å². The number of carbonyl (C=O) groups excluding carboxylic acids is 1. The molecule has 0 bridgehead atoms. The van der Waals surface area contributed by atoms with Gasteiger partial charge in [-0.05, 0) is 31.4 Å². The Balaban J connectivity index is 2.12. The lowest BCUT2D eigenvalue weighted by Gasteiger charge is -2.10. The van der Waals surface area contributed by atoms with Crippen LogP contribution >= 0.6 is 11.3 Å². The summed E-state index contributed by atoms with van der Waals surface area (Å²) in [5.74, 6) is -0.151. The van der Waals surface area contributed by atoms with E-state index in [0.29, 0.717) is 5.82 Å². The van der Waals surface area contributed by atoms with E-state index in [9.17, 15) is 14.9 Å². The number of hydrogen-bond acceptors (Lipinski definition) is 5. The Morgan fingerprint density at radius 1 is 1.45 bits per heavy atom. The molecule has 0 spiro atoms. The van der Waals surface area contributed by atoms with E-state index in [1.165, 1.54) is 30.4 Å². The van der Waals surface area contributed by atoms with E-state index in [1.807, 2.05) is 17.5 Å². The van der Waals surface area contributed by atoms with Crippen LogP contribution in [0.2, 0.25) is 0 Å². The Morgan fingerprint density at radius 3 is 2.75 bits per heavy atom. The maximum absolute atomic E-state index is 12.1. The molecule has 0 aliphatic carbocycles. The summed E-state index contributed by atoms with van der Waals surface area (Å²) in [6.45, 7) is 3.34. The molecule has 0 unspecified atom stereocenters. The molecule has 6 nitrogen and oxygen atoms in total. The number of aromatic nitrogens is 1. The maximum atomic E-state index is 12.1. The first kappa shape index (κ1) is 14.1. The lowest BCUT2D eigenvalue weighted by molar-refractivity contribution is -0.385. The van der Waals surface area contributed by atoms with Gasteiger partial charge in [0.15, 0.2) is 0 Å². The van der Waals surface area contributed by atoms with Crippen molar-refractivity contribution in [2.24, 2.45) is 0 Å². The minimum Gasteiger partial charge on any atom is -0.310 e. The number of pyridine rings is 1. The molecule has 1 amide bonds. The van der Waals surface area contributed by atoms with Gasteiger partial charge in [-0.3, -0.25) is 14.9 Å². The van der Waals surface area contributed by atoms with Crippen LogP contribution in [0.5, 0.6) is 0 Å². The minimum absolute atomic E-state index is 0.0608. The third-order valence-electron chi connectivity index (χ3n) is 2.87. The molecule has 2 aromatic rings. The van der Waals surface area contributed by atoms with E-state index in [1.54, 1.807) is 6.92 Å². The SMILES string of the molecule is Cc1nc(NC(=O)[C@H](C)c2cccs2)ccc1[N+](=O)[O-]. The van der Waals surface area contributed by atoms with Crippen LogP contribution in [0.1, 0.15) is 23.4 Å². The molecule has 0 radical (unpaired) electrons. The van der Waals surface area contributed by atoms with Gasteiger partial charge in [-0.1, -0.05) is 6.07 Å². The second kappa shape index (κ2) is 5.79. The van der Waals surface area contributed by atoms with Crippen LogP contribution in [0.15, 0.2) is 29.6 Å². The zero-order chi connectivity index (χ0) is 14.7. The number of thiophene rings is 1. The van der Waals surface area contributed by atoms with Crippen molar-refractivity contribution in [3.8, 4) is 0 Å². The van der Waals surface area contributed by atoms with Crippen molar-refractivity contribution in [2.75, 3.05) is 5.32 Å². The molecule has 0 saturated carbocycles.